The van der Waals surface area contributed by atoms with Gasteiger partial charge in [0.25, 0.3) is 0 Å². The Morgan fingerprint density at radius 3 is 2.74 bits per heavy atom. The van der Waals surface area contributed by atoms with Crippen LogP contribution in [0.1, 0.15) is 24.9 Å². The summed E-state index contributed by atoms with van der Waals surface area (Å²) in [4.78, 5) is 2.17. The third-order valence-electron chi connectivity index (χ3n) is 3.16. The van der Waals surface area contributed by atoms with Crippen molar-refractivity contribution in [2.75, 3.05) is 27.7 Å². The quantitative estimate of drug-likeness (QED) is 0.817. The summed E-state index contributed by atoms with van der Waals surface area (Å²) < 4.78 is 5.27. The number of hydrogen-bond acceptors (Lipinski definition) is 4. The van der Waals surface area contributed by atoms with Crippen molar-refractivity contribution in [2.24, 2.45) is 0 Å². The molecule has 0 spiro atoms. The molecule has 1 aromatic carbocycles. The number of likely N-dealkylation sites (N-methyl/N-ethyl adjacent to an activating group) is 1. The first-order valence-electron chi connectivity index (χ1n) is 6.49. The average Bonchev–Trinajstić information content (AvgIpc) is 2.39. The number of ether oxygens (including phenoxy) is 1. The van der Waals surface area contributed by atoms with Crippen LogP contribution < -0.4 is 10.1 Å². The van der Waals surface area contributed by atoms with Gasteiger partial charge in [0.1, 0.15) is 5.75 Å². The fraction of sp³-hybridized carbons (Fsp3) is 0.533. The summed E-state index contributed by atoms with van der Waals surface area (Å²) in [7, 11) is 5.79. The fourth-order valence-electron chi connectivity index (χ4n) is 1.97. The molecule has 0 aliphatic rings. The van der Waals surface area contributed by atoms with E-state index in [0.29, 0.717) is 6.42 Å². The van der Waals surface area contributed by atoms with Crippen LogP contribution in [0.15, 0.2) is 24.3 Å². The highest BCUT2D eigenvalue weighted by atomic mass is 16.5. The number of nitrogens with zero attached hydrogens (tertiary/aromatic N) is 2. The van der Waals surface area contributed by atoms with Crippen LogP contribution in [0.4, 0.5) is 0 Å². The summed E-state index contributed by atoms with van der Waals surface area (Å²) in [5.74, 6) is 0.870. The number of rotatable bonds is 7. The van der Waals surface area contributed by atoms with Crippen LogP contribution in [0, 0.1) is 11.3 Å². The number of hydrogen-bond donors (Lipinski definition) is 1. The second-order valence-corrected chi connectivity index (χ2v) is 4.93. The molecule has 4 nitrogen and oxygen atoms in total. The molecule has 2 unspecified atom stereocenters. The highest BCUT2D eigenvalue weighted by Gasteiger charge is 2.15. The van der Waals surface area contributed by atoms with Gasteiger partial charge in [-0.1, -0.05) is 12.1 Å². The van der Waals surface area contributed by atoms with Crippen LogP contribution in [-0.2, 0) is 0 Å². The van der Waals surface area contributed by atoms with E-state index in [1.54, 1.807) is 7.11 Å². The molecule has 0 radical (unpaired) electrons. The van der Waals surface area contributed by atoms with Crippen molar-refractivity contribution >= 4 is 0 Å². The molecule has 0 aromatic heterocycles. The van der Waals surface area contributed by atoms with Crippen molar-refractivity contribution in [3.63, 3.8) is 0 Å². The van der Waals surface area contributed by atoms with Crippen molar-refractivity contribution in [1.29, 1.82) is 5.26 Å². The minimum atomic E-state index is 0.207. The first-order chi connectivity index (χ1) is 9.08. The molecule has 0 heterocycles. The molecule has 1 N–H and O–H groups in total. The van der Waals surface area contributed by atoms with Crippen LogP contribution in [-0.4, -0.2) is 38.7 Å². The monoisotopic (exact) mass is 261 g/mol. The molecule has 2 atom stereocenters. The topological polar surface area (TPSA) is 48.3 Å². The average molecular weight is 261 g/mol. The lowest BCUT2D eigenvalue weighted by atomic mass is 10.0. The normalized spacial score (nSPS) is 13.9. The summed E-state index contributed by atoms with van der Waals surface area (Å²) >= 11 is 0. The zero-order valence-electron chi connectivity index (χ0n) is 12.2. The maximum Gasteiger partial charge on any atom is 0.119 e. The van der Waals surface area contributed by atoms with E-state index in [-0.39, 0.29) is 12.1 Å². The van der Waals surface area contributed by atoms with Crippen molar-refractivity contribution in [2.45, 2.75) is 25.4 Å². The molecule has 1 aromatic rings. The van der Waals surface area contributed by atoms with Gasteiger partial charge in [0.2, 0.25) is 0 Å². The van der Waals surface area contributed by atoms with Crippen LogP contribution in [0.2, 0.25) is 0 Å². The van der Waals surface area contributed by atoms with E-state index in [4.69, 9.17) is 10.00 Å². The minimum absolute atomic E-state index is 0.207. The van der Waals surface area contributed by atoms with Gasteiger partial charge in [-0.15, -0.1) is 0 Å². The van der Waals surface area contributed by atoms with E-state index < -0.39 is 0 Å². The zero-order chi connectivity index (χ0) is 14.3. The van der Waals surface area contributed by atoms with Crippen LogP contribution in [0.3, 0.4) is 0 Å². The zero-order valence-corrected chi connectivity index (χ0v) is 12.2. The van der Waals surface area contributed by atoms with Crippen LogP contribution >= 0.6 is 0 Å². The molecule has 0 aliphatic heterocycles. The lowest BCUT2D eigenvalue weighted by Crippen LogP contribution is -2.35. The first-order valence-corrected chi connectivity index (χ1v) is 6.49. The second kappa shape index (κ2) is 7.78. The third-order valence-corrected chi connectivity index (χ3v) is 3.16. The smallest absolute Gasteiger partial charge is 0.119 e. The second-order valence-electron chi connectivity index (χ2n) is 4.93. The first kappa shape index (κ1) is 15.5. The molecule has 4 heteroatoms. The highest BCUT2D eigenvalue weighted by Crippen LogP contribution is 2.22. The molecule has 0 amide bonds. The Hall–Kier alpha value is -1.57. The Morgan fingerprint density at radius 2 is 2.16 bits per heavy atom. The summed E-state index contributed by atoms with van der Waals surface area (Å²) in [5.41, 5.74) is 1.21. The molecular formula is C15H23N3O. The molecule has 1 rings (SSSR count). The predicted molar refractivity (Wildman–Crippen MR) is 77.1 cm³/mol. The van der Waals surface area contributed by atoms with Crippen molar-refractivity contribution < 1.29 is 4.74 Å². The van der Waals surface area contributed by atoms with E-state index in [2.05, 4.69) is 42.5 Å². The Kier molecular flexibility index (Phi) is 6.34. The van der Waals surface area contributed by atoms with Crippen LogP contribution in [0.5, 0.6) is 5.75 Å². The molecule has 0 fully saturated rings. The van der Waals surface area contributed by atoms with Gasteiger partial charge < -0.3 is 15.0 Å². The lowest BCUT2D eigenvalue weighted by molar-refractivity contribution is 0.280. The maximum absolute atomic E-state index is 8.68. The van der Waals surface area contributed by atoms with Gasteiger partial charge in [0.05, 0.1) is 19.6 Å². The van der Waals surface area contributed by atoms with Gasteiger partial charge in [-0.2, -0.15) is 5.26 Å². The van der Waals surface area contributed by atoms with Crippen LogP contribution in [0.25, 0.3) is 0 Å². The molecule has 0 bridgehead atoms. The summed E-state index contributed by atoms with van der Waals surface area (Å²) in [6.45, 7) is 2.84. The highest BCUT2D eigenvalue weighted by molar-refractivity contribution is 5.30. The molecule has 104 valence electrons. The standard InChI is InChI=1S/C15H23N3O/c1-12(8-9-16)17-11-15(18(2)3)13-6-5-7-14(10-13)19-4/h5-7,10,12,15,17H,8,11H2,1-4H3. The molecule has 19 heavy (non-hydrogen) atoms. The number of nitrogens with one attached hydrogen (secondary N) is 1. The number of methoxy groups -OCH3 is 1. The van der Waals surface area contributed by atoms with Gasteiger partial charge in [-0.3, -0.25) is 0 Å². The van der Waals surface area contributed by atoms with Gasteiger partial charge in [0, 0.05) is 18.6 Å². The van der Waals surface area contributed by atoms with Gasteiger partial charge >= 0.3 is 0 Å². The lowest BCUT2D eigenvalue weighted by Gasteiger charge is -2.26. The van der Waals surface area contributed by atoms with E-state index in [9.17, 15) is 0 Å². The van der Waals surface area contributed by atoms with Crippen molar-refractivity contribution in [3.05, 3.63) is 29.8 Å². The van der Waals surface area contributed by atoms with E-state index in [1.165, 1.54) is 5.56 Å². The van der Waals surface area contributed by atoms with Gasteiger partial charge in [-0.25, -0.2) is 0 Å². The molecule has 0 saturated carbocycles. The fourth-order valence-corrected chi connectivity index (χ4v) is 1.97. The number of nitriles is 1. The predicted octanol–water partition coefficient (Wildman–Crippen LogP) is 2.19. The van der Waals surface area contributed by atoms with Crippen molar-refractivity contribution in [1.82, 2.24) is 10.2 Å². The largest absolute Gasteiger partial charge is 0.497 e. The Labute approximate surface area is 116 Å². The maximum atomic E-state index is 8.68. The van der Waals surface area contributed by atoms with E-state index in [0.717, 1.165) is 12.3 Å². The van der Waals surface area contributed by atoms with Crippen molar-refractivity contribution in [3.8, 4) is 11.8 Å². The molecule has 0 aliphatic carbocycles. The Balaban J connectivity index is 2.74. The third kappa shape index (κ3) is 4.90. The minimum Gasteiger partial charge on any atom is -0.497 e. The Morgan fingerprint density at radius 1 is 1.42 bits per heavy atom. The summed E-state index contributed by atoms with van der Waals surface area (Å²) in [6, 6.07) is 10.8. The number of benzene rings is 1. The van der Waals surface area contributed by atoms with Gasteiger partial charge in [-0.05, 0) is 38.7 Å². The SMILES string of the molecule is COc1cccc(C(CNC(C)CC#N)N(C)C)c1. The molecular weight excluding hydrogens is 238 g/mol. The van der Waals surface area contributed by atoms with Gasteiger partial charge in [0.15, 0.2) is 0 Å². The summed E-state index contributed by atoms with van der Waals surface area (Å²) in [5, 5.41) is 12.1. The van der Waals surface area contributed by atoms with E-state index in [1.807, 2.05) is 19.1 Å². The Bertz CT molecular complexity index is 426. The molecule has 0 saturated heterocycles. The summed E-state index contributed by atoms with van der Waals surface area (Å²) in [6.07, 6.45) is 0.526. The van der Waals surface area contributed by atoms with E-state index >= 15 is 0 Å².